The number of ether oxygens (including phenoxy) is 1. The molecule has 1 rings (SSSR count). The lowest BCUT2D eigenvalue weighted by Gasteiger charge is -2.08. The SMILES string of the molecule is O=c1ccccn1CCOCC(F)(F)F. The number of rotatable bonds is 4. The second kappa shape index (κ2) is 4.97. The first-order valence-corrected chi connectivity index (χ1v) is 4.29. The molecule has 0 atom stereocenters. The van der Waals surface area contributed by atoms with E-state index in [9.17, 15) is 18.0 Å². The van der Waals surface area contributed by atoms with E-state index in [0.717, 1.165) is 0 Å². The Labute approximate surface area is 84.1 Å². The molecule has 0 fully saturated rings. The van der Waals surface area contributed by atoms with Crippen LogP contribution in [0.15, 0.2) is 29.2 Å². The van der Waals surface area contributed by atoms with Gasteiger partial charge in [-0.25, -0.2) is 0 Å². The average Bonchev–Trinajstić information content (AvgIpc) is 2.13. The first-order chi connectivity index (χ1) is 6.99. The third-order valence-electron chi connectivity index (χ3n) is 1.64. The van der Waals surface area contributed by atoms with Crippen molar-refractivity contribution in [2.45, 2.75) is 12.7 Å². The molecular weight excluding hydrogens is 211 g/mol. The fourth-order valence-electron chi connectivity index (χ4n) is 0.996. The van der Waals surface area contributed by atoms with Gasteiger partial charge in [0.15, 0.2) is 0 Å². The third-order valence-corrected chi connectivity index (χ3v) is 1.64. The summed E-state index contributed by atoms with van der Waals surface area (Å²) in [5, 5.41) is 0. The van der Waals surface area contributed by atoms with E-state index in [1.807, 2.05) is 0 Å². The van der Waals surface area contributed by atoms with E-state index in [1.165, 1.54) is 16.8 Å². The van der Waals surface area contributed by atoms with Crippen LogP contribution in [-0.2, 0) is 11.3 Å². The van der Waals surface area contributed by atoms with Crippen LogP contribution >= 0.6 is 0 Å². The van der Waals surface area contributed by atoms with E-state index in [-0.39, 0.29) is 18.7 Å². The van der Waals surface area contributed by atoms with E-state index < -0.39 is 12.8 Å². The monoisotopic (exact) mass is 221 g/mol. The third kappa shape index (κ3) is 4.64. The van der Waals surface area contributed by atoms with Crippen molar-refractivity contribution in [2.24, 2.45) is 0 Å². The molecule has 0 aliphatic heterocycles. The van der Waals surface area contributed by atoms with Crippen LogP contribution in [0.25, 0.3) is 0 Å². The van der Waals surface area contributed by atoms with Crippen LogP contribution in [0.1, 0.15) is 0 Å². The molecule has 0 bridgehead atoms. The minimum Gasteiger partial charge on any atom is -0.370 e. The standard InChI is InChI=1S/C9H10F3NO2/c10-9(11,12)7-15-6-5-13-4-2-1-3-8(13)14/h1-4H,5-7H2. The van der Waals surface area contributed by atoms with Crippen molar-refractivity contribution in [3.63, 3.8) is 0 Å². The summed E-state index contributed by atoms with van der Waals surface area (Å²) < 4.78 is 40.7. The largest absolute Gasteiger partial charge is 0.411 e. The van der Waals surface area contributed by atoms with Gasteiger partial charge in [0.25, 0.3) is 5.56 Å². The predicted octanol–water partition coefficient (Wildman–Crippen LogP) is 1.43. The van der Waals surface area contributed by atoms with Crippen molar-refractivity contribution in [1.29, 1.82) is 0 Å². The highest BCUT2D eigenvalue weighted by molar-refractivity contribution is 4.92. The first kappa shape index (κ1) is 11.8. The highest BCUT2D eigenvalue weighted by Gasteiger charge is 2.27. The summed E-state index contributed by atoms with van der Waals surface area (Å²) >= 11 is 0. The van der Waals surface area contributed by atoms with Gasteiger partial charge in [0.05, 0.1) is 6.61 Å². The summed E-state index contributed by atoms with van der Waals surface area (Å²) in [6, 6.07) is 4.53. The zero-order valence-corrected chi connectivity index (χ0v) is 7.83. The molecule has 0 N–H and O–H groups in total. The molecule has 3 nitrogen and oxygen atoms in total. The molecule has 0 spiro atoms. The molecular formula is C9H10F3NO2. The molecule has 15 heavy (non-hydrogen) atoms. The Morgan fingerprint density at radius 2 is 2.07 bits per heavy atom. The molecule has 0 aromatic carbocycles. The topological polar surface area (TPSA) is 31.2 Å². The smallest absolute Gasteiger partial charge is 0.370 e. The van der Waals surface area contributed by atoms with Gasteiger partial charge in [-0.1, -0.05) is 6.07 Å². The second-order valence-corrected chi connectivity index (χ2v) is 2.90. The highest BCUT2D eigenvalue weighted by atomic mass is 19.4. The Morgan fingerprint density at radius 3 is 2.67 bits per heavy atom. The van der Waals surface area contributed by atoms with Gasteiger partial charge >= 0.3 is 6.18 Å². The molecule has 0 radical (unpaired) electrons. The van der Waals surface area contributed by atoms with Crippen LogP contribution in [0.3, 0.4) is 0 Å². The van der Waals surface area contributed by atoms with E-state index >= 15 is 0 Å². The van der Waals surface area contributed by atoms with Gasteiger partial charge in [0.2, 0.25) is 0 Å². The van der Waals surface area contributed by atoms with E-state index in [4.69, 9.17) is 0 Å². The van der Waals surface area contributed by atoms with Gasteiger partial charge in [0, 0.05) is 18.8 Å². The predicted molar refractivity (Wildman–Crippen MR) is 47.6 cm³/mol. The minimum absolute atomic E-state index is 0.121. The summed E-state index contributed by atoms with van der Waals surface area (Å²) in [4.78, 5) is 11.1. The maximum absolute atomic E-state index is 11.7. The Kier molecular flexibility index (Phi) is 3.90. The van der Waals surface area contributed by atoms with Crippen LogP contribution in [0.4, 0.5) is 13.2 Å². The molecule has 1 heterocycles. The molecule has 0 amide bonds. The zero-order valence-electron chi connectivity index (χ0n) is 7.83. The molecule has 0 aliphatic carbocycles. The minimum atomic E-state index is -4.32. The van der Waals surface area contributed by atoms with E-state index in [2.05, 4.69) is 4.74 Å². The van der Waals surface area contributed by atoms with Crippen LogP contribution in [0.5, 0.6) is 0 Å². The Morgan fingerprint density at radius 1 is 1.33 bits per heavy atom. The maximum atomic E-state index is 11.7. The lowest BCUT2D eigenvalue weighted by Crippen LogP contribution is -2.23. The van der Waals surface area contributed by atoms with E-state index in [0.29, 0.717) is 0 Å². The van der Waals surface area contributed by atoms with Crippen LogP contribution in [0.2, 0.25) is 0 Å². The van der Waals surface area contributed by atoms with Crippen molar-refractivity contribution in [1.82, 2.24) is 4.57 Å². The lowest BCUT2D eigenvalue weighted by molar-refractivity contribution is -0.174. The number of hydrogen-bond acceptors (Lipinski definition) is 2. The molecule has 0 aliphatic rings. The second-order valence-electron chi connectivity index (χ2n) is 2.90. The summed E-state index contributed by atoms with van der Waals surface area (Å²) in [5.74, 6) is 0. The van der Waals surface area contributed by atoms with Crippen molar-refractivity contribution >= 4 is 0 Å². The maximum Gasteiger partial charge on any atom is 0.411 e. The highest BCUT2D eigenvalue weighted by Crippen LogP contribution is 2.14. The van der Waals surface area contributed by atoms with Crippen molar-refractivity contribution < 1.29 is 17.9 Å². The first-order valence-electron chi connectivity index (χ1n) is 4.29. The van der Waals surface area contributed by atoms with Gasteiger partial charge in [-0.05, 0) is 6.07 Å². The number of aromatic nitrogens is 1. The molecule has 84 valence electrons. The Bertz CT molecular complexity index is 359. The quantitative estimate of drug-likeness (QED) is 0.720. The lowest BCUT2D eigenvalue weighted by atomic mass is 10.4. The molecule has 1 aromatic rings. The molecule has 0 unspecified atom stereocenters. The van der Waals surface area contributed by atoms with Crippen molar-refractivity contribution in [2.75, 3.05) is 13.2 Å². The summed E-state index contributed by atoms with van der Waals surface area (Å²) in [5.41, 5.74) is -0.256. The van der Waals surface area contributed by atoms with Gasteiger partial charge in [-0.3, -0.25) is 4.79 Å². The fourth-order valence-corrected chi connectivity index (χ4v) is 0.996. The number of hydrogen-bond donors (Lipinski definition) is 0. The fraction of sp³-hybridized carbons (Fsp3) is 0.444. The summed E-state index contributed by atoms with van der Waals surface area (Å²) in [6.45, 7) is -1.30. The van der Waals surface area contributed by atoms with E-state index in [1.54, 1.807) is 12.1 Å². The molecule has 6 heteroatoms. The van der Waals surface area contributed by atoms with Gasteiger partial charge < -0.3 is 9.30 Å². The van der Waals surface area contributed by atoms with Crippen molar-refractivity contribution in [3.05, 3.63) is 34.7 Å². The normalized spacial score (nSPS) is 11.7. The summed E-state index contributed by atoms with van der Waals surface area (Å²) in [6.07, 6.45) is -2.82. The van der Waals surface area contributed by atoms with Gasteiger partial charge in [-0.2, -0.15) is 13.2 Å². The van der Waals surface area contributed by atoms with Crippen LogP contribution < -0.4 is 5.56 Å². The number of pyridine rings is 1. The summed E-state index contributed by atoms with van der Waals surface area (Å²) in [7, 11) is 0. The molecule has 0 saturated heterocycles. The Balaban J connectivity index is 2.33. The zero-order chi connectivity index (χ0) is 11.3. The van der Waals surface area contributed by atoms with Crippen LogP contribution in [0, 0.1) is 0 Å². The number of alkyl halides is 3. The molecule has 0 saturated carbocycles. The van der Waals surface area contributed by atoms with Crippen LogP contribution in [-0.4, -0.2) is 24.0 Å². The number of halogens is 3. The van der Waals surface area contributed by atoms with Gasteiger partial charge in [-0.15, -0.1) is 0 Å². The Hall–Kier alpha value is -1.30. The average molecular weight is 221 g/mol. The molecule has 1 aromatic heterocycles. The van der Waals surface area contributed by atoms with Gasteiger partial charge in [0.1, 0.15) is 6.61 Å². The number of nitrogens with zero attached hydrogens (tertiary/aromatic N) is 1. The van der Waals surface area contributed by atoms with Crippen molar-refractivity contribution in [3.8, 4) is 0 Å².